The zero-order valence-electron chi connectivity index (χ0n) is 17.6. The molecule has 0 fully saturated rings. The van der Waals surface area contributed by atoms with E-state index in [1.807, 2.05) is 0 Å². The maximum Gasteiger partial charge on any atom is 0.408 e. The number of rotatable bonds is 9. The minimum atomic E-state index is -1.16. The first-order valence-corrected chi connectivity index (χ1v) is 9.69. The fourth-order valence-electron chi connectivity index (χ4n) is 3.00. The first-order valence-electron chi connectivity index (χ1n) is 9.69. The predicted molar refractivity (Wildman–Crippen MR) is 118 cm³/mol. The van der Waals surface area contributed by atoms with Crippen LogP contribution >= 0.6 is 12.4 Å². The number of carbonyl (C=O) groups is 2. The largest absolute Gasteiger partial charge is 0.508 e. The molecule has 0 saturated carbocycles. The number of likely N-dealkylation sites (N-methyl/N-ethyl adjacent to an activating group) is 1. The van der Waals surface area contributed by atoms with Crippen LogP contribution in [0.5, 0.6) is 5.75 Å². The molecule has 2 rings (SSSR count). The molecule has 2 amide bonds. The van der Waals surface area contributed by atoms with Gasteiger partial charge in [0.25, 0.3) is 0 Å². The second-order valence-corrected chi connectivity index (χ2v) is 7.59. The van der Waals surface area contributed by atoms with Gasteiger partial charge in [-0.1, -0.05) is 26.0 Å². The summed E-state index contributed by atoms with van der Waals surface area (Å²) < 4.78 is 0. The van der Waals surface area contributed by atoms with Crippen molar-refractivity contribution < 1.29 is 19.8 Å². The molecule has 1 aromatic heterocycles. The molecule has 2 aromatic rings. The number of carbonyl (C=O) groups excluding carboxylic acids is 1. The Morgan fingerprint density at radius 3 is 2.17 bits per heavy atom. The number of phenolic OH excluding ortho intramolecular Hbond substituents is 1. The Kier molecular flexibility index (Phi) is 10.1. The molecule has 1 atom stereocenters. The normalized spacial score (nSPS) is 11.5. The summed E-state index contributed by atoms with van der Waals surface area (Å²) in [7, 11) is 1.71. The van der Waals surface area contributed by atoms with Gasteiger partial charge in [0.1, 0.15) is 11.8 Å². The molecule has 2 N–H and O–H groups in total. The lowest BCUT2D eigenvalue weighted by atomic mass is 10.0. The van der Waals surface area contributed by atoms with Crippen LogP contribution in [0.2, 0.25) is 0 Å². The van der Waals surface area contributed by atoms with Crippen LogP contribution in [0, 0.1) is 5.92 Å². The van der Waals surface area contributed by atoms with Crippen molar-refractivity contribution in [1.29, 1.82) is 0 Å². The molecule has 164 valence electrons. The third kappa shape index (κ3) is 7.55. The molecular weight excluding hydrogens is 406 g/mol. The van der Waals surface area contributed by atoms with Crippen molar-refractivity contribution in [2.45, 2.75) is 39.3 Å². The van der Waals surface area contributed by atoms with E-state index in [9.17, 15) is 19.8 Å². The van der Waals surface area contributed by atoms with Crippen LogP contribution in [0.15, 0.2) is 48.8 Å². The van der Waals surface area contributed by atoms with Gasteiger partial charge in [-0.15, -0.1) is 12.4 Å². The number of amides is 2. The Morgan fingerprint density at radius 1 is 1.03 bits per heavy atom. The van der Waals surface area contributed by atoms with E-state index >= 15 is 0 Å². The van der Waals surface area contributed by atoms with Crippen LogP contribution in [-0.4, -0.2) is 56.6 Å². The SMILES string of the molecule is CC(C)CCN(C)C(=O)[C@H](Cc1ccc(O)cc1)N(Cc1ccncc1)C(=O)O.Cl. The van der Waals surface area contributed by atoms with Crippen LogP contribution in [-0.2, 0) is 17.8 Å². The summed E-state index contributed by atoms with van der Waals surface area (Å²) in [4.78, 5) is 32.0. The standard InChI is InChI=1S/C22H29N3O4.ClH/c1-16(2)10-13-24(3)21(27)20(14-17-4-6-19(26)7-5-17)25(22(28)29)15-18-8-11-23-12-9-18;/h4-9,11-12,16,20,26H,10,13-15H2,1-3H3,(H,28,29);1H/t20-;/m0./s1. The Balaban J connectivity index is 0.00000450. The first kappa shape index (κ1) is 25.2. The van der Waals surface area contributed by atoms with E-state index in [4.69, 9.17) is 0 Å². The molecule has 0 unspecified atom stereocenters. The molecule has 8 heteroatoms. The number of halogens is 1. The summed E-state index contributed by atoms with van der Waals surface area (Å²) >= 11 is 0. The summed E-state index contributed by atoms with van der Waals surface area (Å²) in [6.45, 7) is 4.81. The molecule has 0 aliphatic heterocycles. The van der Waals surface area contributed by atoms with Crippen LogP contribution in [0.1, 0.15) is 31.4 Å². The monoisotopic (exact) mass is 435 g/mol. The van der Waals surface area contributed by atoms with Crippen LogP contribution in [0.25, 0.3) is 0 Å². The van der Waals surface area contributed by atoms with Crippen LogP contribution < -0.4 is 0 Å². The van der Waals surface area contributed by atoms with Crippen molar-refractivity contribution in [1.82, 2.24) is 14.8 Å². The zero-order chi connectivity index (χ0) is 21.4. The number of carboxylic acid groups (broad SMARTS) is 1. The predicted octanol–water partition coefficient (Wildman–Crippen LogP) is 3.80. The second kappa shape index (κ2) is 12.0. The number of nitrogens with zero attached hydrogens (tertiary/aromatic N) is 3. The number of pyridine rings is 1. The number of hydrogen-bond donors (Lipinski definition) is 2. The van der Waals surface area contributed by atoms with Crippen molar-refractivity contribution in [2.75, 3.05) is 13.6 Å². The molecule has 7 nitrogen and oxygen atoms in total. The molecule has 1 heterocycles. The summed E-state index contributed by atoms with van der Waals surface area (Å²) in [6.07, 6.45) is 3.10. The lowest BCUT2D eigenvalue weighted by Crippen LogP contribution is -2.50. The molecular formula is C22H30ClN3O4. The van der Waals surface area contributed by atoms with Gasteiger partial charge in [-0.25, -0.2) is 4.79 Å². The van der Waals surface area contributed by atoms with E-state index in [-0.39, 0.29) is 37.0 Å². The van der Waals surface area contributed by atoms with E-state index in [1.165, 1.54) is 17.0 Å². The number of aromatic nitrogens is 1. The smallest absolute Gasteiger partial charge is 0.408 e. The summed E-state index contributed by atoms with van der Waals surface area (Å²) in [5.41, 5.74) is 1.54. The molecule has 30 heavy (non-hydrogen) atoms. The molecule has 0 radical (unpaired) electrons. The van der Waals surface area contributed by atoms with E-state index < -0.39 is 12.1 Å². The van der Waals surface area contributed by atoms with Crippen LogP contribution in [0.3, 0.4) is 0 Å². The lowest BCUT2D eigenvalue weighted by molar-refractivity contribution is -0.135. The number of phenols is 1. The maximum absolute atomic E-state index is 13.2. The highest BCUT2D eigenvalue weighted by molar-refractivity contribution is 5.86. The van der Waals surface area contributed by atoms with Gasteiger partial charge in [0, 0.05) is 39.0 Å². The Hall–Kier alpha value is -2.80. The van der Waals surface area contributed by atoms with E-state index in [0.717, 1.165) is 17.5 Å². The minimum absolute atomic E-state index is 0. The zero-order valence-corrected chi connectivity index (χ0v) is 18.4. The lowest BCUT2D eigenvalue weighted by Gasteiger charge is -2.32. The molecule has 0 aliphatic carbocycles. The van der Waals surface area contributed by atoms with Crippen molar-refractivity contribution in [3.8, 4) is 5.75 Å². The van der Waals surface area contributed by atoms with Gasteiger partial charge in [-0.3, -0.25) is 14.7 Å². The number of benzene rings is 1. The van der Waals surface area contributed by atoms with Gasteiger partial charge in [-0.2, -0.15) is 0 Å². The molecule has 0 spiro atoms. The second-order valence-electron chi connectivity index (χ2n) is 7.59. The van der Waals surface area contributed by atoms with E-state index in [2.05, 4.69) is 18.8 Å². The Labute approximate surface area is 183 Å². The van der Waals surface area contributed by atoms with Crippen molar-refractivity contribution in [3.63, 3.8) is 0 Å². The summed E-state index contributed by atoms with van der Waals surface area (Å²) in [6, 6.07) is 9.08. The van der Waals surface area contributed by atoms with Crippen molar-refractivity contribution >= 4 is 24.4 Å². The minimum Gasteiger partial charge on any atom is -0.508 e. The van der Waals surface area contributed by atoms with Crippen molar-refractivity contribution in [3.05, 3.63) is 59.9 Å². The van der Waals surface area contributed by atoms with Gasteiger partial charge >= 0.3 is 6.09 Å². The molecule has 0 bridgehead atoms. The highest BCUT2D eigenvalue weighted by Crippen LogP contribution is 2.18. The third-order valence-electron chi connectivity index (χ3n) is 4.79. The van der Waals surface area contributed by atoms with Gasteiger partial charge in [0.2, 0.25) is 5.91 Å². The Bertz CT molecular complexity index is 800. The fraction of sp³-hybridized carbons (Fsp3) is 0.409. The fourth-order valence-corrected chi connectivity index (χ4v) is 3.00. The number of aromatic hydroxyl groups is 1. The highest BCUT2D eigenvalue weighted by Gasteiger charge is 2.32. The highest BCUT2D eigenvalue weighted by atomic mass is 35.5. The third-order valence-corrected chi connectivity index (χ3v) is 4.79. The van der Waals surface area contributed by atoms with Gasteiger partial charge in [0.05, 0.1) is 0 Å². The topological polar surface area (TPSA) is 94.0 Å². The number of hydrogen-bond acceptors (Lipinski definition) is 4. The van der Waals surface area contributed by atoms with E-state index in [1.54, 1.807) is 48.6 Å². The molecule has 1 aromatic carbocycles. The van der Waals surface area contributed by atoms with E-state index in [0.29, 0.717) is 12.5 Å². The molecule has 0 aliphatic rings. The van der Waals surface area contributed by atoms with Gasteiger partial charge in [-0.05, 0) is 47.7 Å². The van der Waals surface area contributed by atoms with Gasteiger partial charge in [0.15, 0.2) is 0 Å². The summed E-state index contributed by atoms with van der Waals surface area (Å²) in [5, 5.41) is 19.4. The average Bonchev–Trinajstić information content (AvgIpc) is 2.70. The Morgan fingerprint density at radius 2 is 1.63 bits per heavy atom. The quantitative estimate of drug-likeness (QED) is 0.624. The average molecular weight is 436 g/mol. The van der Waals surface area contributed by atoms with Gasteiger partial charge < -0.3 is 15.1 Å². The molecule has 0 saturated heterocycles. The first-order chi connectivity index (χ1) is 13.8. The van der Waals surface area contributed by atoms with Crippen molar-refractivity contribution in [2.24, 2.45) is 5.92 Å². The summed E-state index contributed by atoms with van der Waals surface area (Å²) in [5.74, 6) is 0.320. The maximum atomic E-state index is 13.2. The van der Waals surface area contributed by atoms with Crippen LogP contribution in [0.4, 0.5) is 4.79 Å².